The molecule has 102 valence electrons. The fraction of sp³-hybridized carbons (Fsp3) is 0.438. The van der Waals surface area contributed by atoms with Crippen molar-refractivity contribution in [2.24, 2.45) is 4.99 Å². The van der Waals surface area contributed by atoms with Gasteiger partial charge in [-0.05, 0) is 24.6 Å². The second kappa shape index (κ2) is 7.10. The zero-order chi connectivity index (χ0) is 13.5. The van der Waals surface area contributed by atoms with Crippen molar-refractivity contribution in [1.29, 1.82) is 0 Å². The summed E-state index contributed by atoms with van der Waals surface area (Å²) in [6.07, 6.45) is 6.10. The molecule has 1 aliphatic rings. The summed E-state index contributed by atoms with van der Waals surface area (Å²) < 4.78 is 0. The van der Waals surface area contributed by atoms with E-state index in [-0.39, 0.29) is 0 Å². The summed E-state index contributed by atoms with van der Waals surface area (Å²) in [6.45, 7) is 7.20. The molecule has 0 spiro atoms. The fourth-order valence-corrected chi connectivity index (χ4v) is 2.64. The summed E-state index contributed by atoms with van der Waals surface area (Å²) in [4.78, 5) is 8.75. The molecule has 3 nitrogen and oxygen atoms in total. The van der Waals surface area contributed by atoms with Crippen LogP contribution in [0, 0.1) is 0 Å². The van der Waals surface area contributed by atoms with Gasteiger partial charge < -0.3 is 4.90 Å². The predicted molar refractivity (Wildman–Crippen MR) is 81.2 cm³/mol. The minimum Gasteiger partial charge on any atom is -0.337 e. The van der Waals surface area contributed by atoms with Gasteiger partial charge in [0.25, 0.3) is 0 Å². The van der Waals surface area contributed by atoms with Crippen LogP contribution in [0.1, 0.15) is 18.4 Å². The van der Waals surface area contributed by atoms with E-state index in [2.05, 4.69) is 51.7 Å². The molecule has 2 rings (SSSR count). The third kappa shape index (κ3) is 3.93. The summed E-state index contributed by atoms with van der Waals surface area (Å²) >= 11 is 0. The topological polar surface area (TPSA) is 18.8 Å². The van der Waals surface area contributed by atoms with E-state index in [1.165, 1.54) is 18.4 Å². The molecule has 0 radical (unpaired) electrons. The average Bonchev–Trinajstić information content (AvgIpc) is 2.47. The number of piperidine rings is 1. The molecule has 3 heteroatoms. The maximum Gasteiger partial charge on any atom is 0.0888 e. The third-order valence-electron chi connectivity index (χ3n) is 3.69. The minimum absolute atomic E-state index is 0.549. The Hall–Kier alpha value is -1.61. The van der Waals surface area contributed by atoms with Crippen LogP contribution in [-0.2, 0) is 6.54 Å². The number of hydrogen-bond donors (Lipinski definition) is 0. The van der Waals surface area contributed by atoms with E-state index < -0.39 is 0 Å². The molecule has 0 aromatic heterocycles. The number of aliphatic imine (C=N–C) groups is 1. The summed E-state index contributed by atoms with van der Waals surface area (Å²) in [5.41, 5.74) is 1.40. The van der Waals surface area contributed by atoms with Gasteiger partial charge in [-0.15, -0.1) is 0 Å². The lowest BCUT2D eigenvalue weighted by Gasteiger charge is -2.36. The lowest BCUT2D eigenvalue weighted by Crippen LogP contribution is -2.42. The highest BCUT2D eigenvalue weighted by atomic mass is 15.2. The Morgan fingerprint density at radius 2 is 2.00 bits per heavy atom. The first-order valence-electron chi connectivity index (χ1n) is 6.92. The van der Waals surface area contributed by atoms with Crippen molar-refractivity contribution in [3.05, 3.63) is 48.7 Å². The second-order valence-corrected chi connectivity index (χ2v) is 5.00. The van der Waals surface area contributed by atoms with Crippen molar-refractivity contribution in [3.63, 3.8) is 0 Å². The molecule has 1 saturated heterocycles. The molecule has 1 aromatic rings. The Kier molecular flexibility index (Phi) is 5.16. The van der Waals surface area contributed by atoms with Gasteiger partial charge in [0.1, 0.15) is 0 Å². The molecule has 0 bridgehead atoms. The highest BCUT2D eigenvalue weighted by Gasteiger charge is 2.21. The molecule has 0 atom stereocenters. The molecule has 0 saturated carbocycles. The van der Waals surface area contributed by atoms with Gasteiger partial charge in [0, 0.05) is 32.7 Å². The largest absolute Gasteiger partial charge is 0.337 e. The maximum absolute atomic E-state index is 4.08. The molecular weight excluding hydrogens is 234 g/mol. The van der Waals surface area contributed by atoms with Crippen LogP contribution in [0.25, 0.3) is 0 Å². The van der Waals surface area contributed by atoms with Crippen LogP contribution in [0.4, 0.5) is 0 Å². The Morgan fingerprint density at radius 3 is 2.58 bits per heavy atom. The van der Waals surface area contributed by atoms with Gasteiger partial charge in [-0.25, -0.2) is 0 Å². The molecule has 0 unspecified atom stereocenters. The van der Waals surface area contributed by atoms with Crippen molar-refractivity contribution < 1.29 is 0 Å². The number of rotatable bonds is 5. The van der Waals surface area contributed by atoms with Crippen molar-refractivity contribution in [2.75, 3.05) is 20.1 Å². The standard InChI is InChI=1S/C16H23N3/c1-3-19(14-17-2)16-9-11-18(12-10-16)13-15-7-5-4-6-8-15/h3-8,14,16H,1,9-13H2,2H3. The summed E-state index contributed by atoms with van der Waals surface area (Å²) in [5, 5.41) is 0. The van der Waals surface area contributed by atoms with Gasteiger partial charge in [0.05, 0.1) is 6.34 Å². The normalized spacial score (nSPS) is 17.7. The second-order valence-electron chi connectivity index (χ2n) is 5.00. The lowest BCUT2D eigenvalue weighted by molar-refractivity contribution is 0.168. The lowest BCUT2D eigenvalue weighted by atomic mass is 10.0. The molecule has 1 heterocycles. The van der Waals surface area contributed by atoms with E-state index in [1.807, 2.05) is 12.5 Å². The number of hydrogen-bond acceptors (Lipinski definition) is 2. The van der Waals surface area contributed by atoms with E-state index >= 15 is 0 Å². The predicted octanol–water partition coefficient (Wildman–Crippen LogP) is 2.75. The fourth-order valence-electron chi connectivity index (χ4n) is 2.64. The number of nitrogens with zero attached hydrogens (tertiary/aromatic N) is 3. The van der Waals surface area contributed by atoms with Crippen molar-refractivity contribution >= 4 is 6.34 Å². The highest BCUT2D eigenvalue weighted by Crippen LogP contribution is 2.17. The van der Waals surface area contributed by atoms with Crippen molar-refractivity contribution in [3.8, 4) is 0 Å². The van der Waals surface area contributed by atoms with E-state index in [0.29, 0.717) is 6.04 Å². The zero-order valence-electron chi connectivity index (χ0n) is 11.7. The molecule has 19 heavy (non-hydrogen) atoms. The third-order valence-corrected chi connectivity index (χ3v) is 3.69. The summed E-state index contributed by atoms with van der Waals surface area (Å²) in [5.74, 6) is 0. The van der Waals surface area contributed by atoms with Gasteiger partial charge in [-0.3, -0.25) is 9.89 Å². The first-order valence-corrected chi connectivity index (χ1v) is 6.92. The molecule has 0 N–H and O–H groups in total. The highest BCUT2D eigenvalue weighted by molar-refractivity contribution is 5.56. The minimum atomic E-state index is 0.549. The SMILES string of the molecule is C=CN(C=NC)C1CCN(Cc2ccccc2)CC1. The Bertz CT molecular complexity index is 405. The van der Waals surface area contributed by atoms with E-state index in [1.54, 1.807) is 7.05 Å². The molecule has 1 aliphatic heterocycles. The molecule has 0 amide bonds. The van der Waals surface area contributed by atoms with Crippen LogP contribution in [0.2, 0.25) is 0 Å². The molecular formula is C16H23N3. The van der Waals surface area contributed by atoms with Gasteiger partial charge in [-0.1, -0.05) is 36.9 Å². The first-order chi connectivity index (χ1) is 9.33. The average molecular weight is 257 g/mol. The zero-order valence-corrected chi connectivity index (χ0v) is 11.7. The van der Waals surface area contributed by atoms with E-state index in [0.717, 1.165) is 19.6 Å². The van der Waals surface area contributed by atoms with Gasteiger partial charge in [-0.2, -0.15) is 0 Å². The molecule has 1 fully saturated rings. The van der Waals surface area contributed by atoms with E-state index in [4.69, 9.17) is 0 Å². The Labute approximate surface area is 116 Å². The van der Waals surface area contributed by atoms with Crippen LogP contribution in [-0.4, -0.2) is 42.3 Å². The van der Waals surface area contributed by atoms with Crippen LogP contribution in [0.15, 0.2) is 48.1 Å². The molecule has 0 aliphatic carbocycles. The van der Waals surface area contributed by atoms with Crippen molar-refractivity contribution in [1.82, 2.24) is 9.80 Å². The first kappa shape index (κ1) is 13.8. The maximum atomic E-state index is 4.08. The van der Waals surface area contributed by atoms with Crippen LogP contribution >= 0.6 is 0 Å². The monoisotopic (exact) mass is 257 g/mol. The number of benzene rings is 1. The smallest absolute Gasteiger partial charge is 0.0888 e. The van der Waals surface area contributed by atoms with Gasteiger partial charge in [0.2, 0.25) is 0 Å². The summed E-state index contributed by atoms with van der Waals surface area (Å²) in [7, 11) is 1.81. The Morgan fingerprint density at radius 1 is 1.32 bits per heavy atom. The van der Waals surface area contributed by atoms with Crippen LogP contribution in [0.3, 0.4) is 0 Å². The molecule has 1 aromatic carbocycles. The quantitative estimate of drug-likeness (QED) is 0.596. The number of likely N-dealkylation sites (tertiary alicyclic amines) is 1. The Balaban J connectivity index is 1.84. The summed E-state index contributed by atoms with van der Waals surface area (Å²) in [6, 6.07) is 11.2. The van der Waals surface area contributed by atoms with E-state index in [9.17, 15) is 0 Å². The van der Waals surface area contributed by atoms with Crippen LogP contribution in [0.5, 0.6) is 0 Å². The van der Waals surface area contributed by atoms with Gasteiger partial charge in [0.15, 0.2) is 0 Å². The van der Waals surface area contributed by atoms with Crippen LogP contribution < -0.4 is 0 Å². The van der Waals surface area contributed by atoms with Gasteiger partial charge >= 0.3 is 0 Å². The van der Waals surface area contributed by atoms with Crippen molar-refractivity contribution in [2.45, 2.75) is 25.4 Å².